The molecule has 84 valence electrons. The van der Waals surface area contributed by atoms with Crippen LogP contribution in [0.2, 0.25) is 0 Å². The molecule has 0 unspecified atom stereocenters. The fourth-order valence-corrected chi connectivity index (χ4v) is 1.27. The number of nitrogens with two attached hydrogens (primary N) is 1. The van der Waals surface area contributed by atoms with E-state index in [1.807, 2.05) is 0 Å². The molecule has 1 aromatic rings. The average molecular weight is 219 g/mol. The van der Waals surface area contributed by atoms with Crippen LogP contribution in [0, 0.1) is 11.5 Å². The van der Waals surface area contributed by atoms with Crippen LogP contribution in [0.15, 0.2) is 24.3 Å². The van der Waals surface area contributed by atoms with Gasteiger partial charge in [-0.1, -0.05) is 12.1 Å². The summed E-state index contributed by atoms with van der Waals surface area (Å²) >= 11 is 0. The number of carboxylic acid groups (broad SMARTS) is 1. The molecule has 5 heteroatoms. The van der Waals surface area contributed by atoms with Gasteiger partial charge >= 0.3 is 5.97 Å². The Kier molecular flexibility index (Phi) is 3.48. The van der Waals surface area contributed by atoms with Crippen molar-refractivity contribution in [2.45, 2.75) is 18.9 Å². The van der Waals surface area contributed by atoms with Crippen molar-refractivity contribution in [3.05, 3.63) is 29.8 Å². The molecule has 0 aliphatic carbocycles. The lowest BCUT2D eigenvalue weighted by molar-refractivity contribution is -0.142. The molecule has 1 rings (SSSR count). The molecule has 1 aromatic carbocycles. The van der Waals surface area contributed by atoms with E-state index in [1.165, 1.54) is 6.92 Å². The maximum Gasteiger partial charge on any atom is 0.323 e. The van der Waals surface area contributed by atoms with Crippen molar-refractivity contribution in [2.24, 2.45) is 5.73 Å². The molecule has 0 radical (unpaired) electrons. The Bertz CT molecular complexity index is 418. The molecule has 0 fully saturated rings. The highest BCUT2D eigenvalue weighted by molar-refractivity contribution is 5.78. The quantitative estimate of drug-likeness (QED) is 0.516. The van der Waals surface area contributed by atoms with Crippen molar-refractivity contribution in [2.75, 3.05) is 5.32 Å². The van der Waals surface area contributed by atoms with E-state index in [9.17, 15) is 4.79 Å². The third kappa shape index (κ3) is 2.97. The van der Waals surface area contributed by atoms with Crippen LogP contribution in [0.5, 0.6) is 0 Å². The van der Waals surface area contributed by atoms with Gasteiger partial charge < -0.3 is 10.8 Å². The maximum atomic E-state index is 10.8. The number of hydrogen-bond acceptors (Lipinski definition) is 4. The van der Waals surface area contributed by atoms with Gasteiger partial charge in [-0.3, -0.25) is 10.1 Å². The van der Waals surface area contributed by atoms with E-state index in [2.05, 4.69) is 5.32 Å². The third-order valence-corrected chi connectivity index (χ3v) is 2.21. The minimum atomic E-state index is -1.27. The van der Waals surface area contributed by atoms with Gasteiger partial charge in [0, 0.05) is 12.1 Å². The van der Waals surface area contributed by atoms with Gasteiger partial charge in [0.1, 0.15) is 5.54 Å². The summed E-state index contributed by atoms with van der Waals surface area (Å²) in [4.78, 5) is 10.8. The van der Waals surface area contributed by atoms with Crippen LogP contribution in [0.25, 0.3) is 0 Å². The van der Waals surface area contributed by atoms with E-state index in [1.54, 1.807) is 30.5 Å². The second kappa shape index (κ2) is 4.64. The Morgan fingerprint density at radius 2 is 2.12 bits per heavy atom. The molecular formula is C11H13N3O2. The Balaban J connectivity index is 2.77. The van der Waals surface area contributed by atoms with Gasteiger partial charge in [0.15, 0.2) is 6.19 Å². The highest BCUT2D eigenvalue weighted by atomic mass is 16.4. The van der Waals surface area contributed by atoms with Crippen LogP contribution in [0.4, 0.5) is 5.69 Å². The molecule has 0 bridgehead atoms. The van der Waals surface area contributed by atoms with E-state index < -0.39 is 11.5 Å². The molecule has 5 nitrogen and oxygen atoms in total. The van der Waals surface area contributed by atoms with Gasteiger partial charge in [-0.05, 0) is 24.6 Å². The fourth-order valence-electron chi connectivity index (χ4n) is 1.27. The largest absolute Gasteiger partial charge is 0.480 e. The minimum absolute atomic E-state index is 0.245. The van der Waals surface area contributed by atoms with Crippen molar-refractivity contribution in [1.29, 1.82) is 5.26 Å². The predicted molar refractivity (Wildman–Crippen MR) is 59.6 cm³/mol. The Morgan fingerprint density at radius 1 is 1.56 bits per heavy atom. The van der Waals surface area contributed by atoms with Crippen LogP contribution in [-0.2, 0) is 11.2 Å². The minimum Gasteiger partial charge on any atom is -0.480 e. The van der Waals surface area contributed by atoms with Crippen molar-refractivity contribution in [3.63, 3.8) is 0 Å². The van der Waals surface area contributed by atoms with Crippen LogP contribution >= 0.6 is 0 Å². The molecule has 1 atom stereocenters. The Labute approximate surface area is 93.5 Å². The summed E-state index contributed by atoms with van der Waals surface area (Å²) in [6, 6.07) is 6.90. The SMILES string of the molecule is C[C@@](N)(Cc1ccc(NC#N)cc1)C(=O)O. The van der Waals surface area contributed by atoms with Gasteiger partial charge in [-0.25, -0.2) is 0 Å². The summed E-state index contributed by atoms with van der Waals surface area (Å²) in [5.74, 6) is -1.04. The van der Waals surface area contributed by atoms with E-state index >= 15 is 0 Å². The number of aliphatic carboxylic acids is 1. The van der Waals surface area contributed by atoms with Crippen LogP contribution < -0.4 is 11.1 Å². The lowest BCUT2D eigenvalue weighted by atomic mass is 9.94. The first-order chi connectivity index (χ1) is 7.45. The normalized spacial score (nSPS) is 13.6. The van der Waals surface area contributed by atoms with Crippen LogP contribution in [-0.4, -0.2) is 16.6 Å². The first kappa shape index (κ1) is 12.0. The number of nitrogens with one attached hydrogen (secondary N) is 1. The monoisotopic (exact) mass is 219 g/mol. The number of hydrogen-bond donors (Lipinski definition) is 3. The molecule has 0 spiro atoms. The summed E-state index contributed by atoms with van der Waals surface area (Å²) in [5, 5.41) is 19.7. The summed E-state index contributed by atoms with van der Waals surface area (Å²) in [6.07, 6.45) is 2.05. The second-order valence-electron chi connectivity index (χ2n) is 3.83. The smallest absolute Gasteiger partial charge is 0.323 e. The zero-order valence-corrected chi connectivity index (χ0v) is 8.90. The summed E-state index contributed by atoms with van der Waals surface area (Å²) in [6.45, 7) is 1.47. The lowest BCUT2D eigenvalue weighted by Crippen LogP contribution is -2.46. The number of carboxylic acids is 1. The summed E-state index contributed by atoms with van der Waals surface area (Å²) in [7, 11) is 0. The van der Waals surface area contributed by atoms with E-state index in [-0.39, 0.29) is 6.42 Å². The van der Waals surface area contributed by atoms with Crippen molar-refractivity contribution in [3.8, 4) is 6.19 Å². The van der Waals surface area contributed by atoms with E-state index in [4.69, 9.17) is 16.1 Å². The second-order valence-corrected chi connectivity index (χ2v) is 3.83. The standard InChI is InChI=1S/C11H13N3O2/c1-11(13,10(15)16)6-8-2-4-9(5-3-8)14-7-12/h2-5,14H,6,13H2,1H3,(H,15,16)/t11-/m1/s1. The predicted octanol–water partition coefficient (Wildman–Crippen LogP) is 0.924. The Morgan fingerprint density at radius 3 is 2.56 bits per heavy atom. The highest BCUT2D eigenvalue weighted by Gasteiger charge is 2.27. The summed E-state index contributed by atoms with van der Waals surface area (Å²) < 4.78 is 0. The van der Waals surface area contributed by atoms with Gasteiger partial charge in [-0.2, -0.15) is 5.26 Å². The Hall–Kier alpha value is -2.06. The van der Waals surface area contributed by atoms with Crippen LogP contribution in [0.3, 0.4) is 0 Å². The molecule has 0 aromatic heterocycles. The molecular weight excluding hydrogens is 206 g/mol. The van der Waals surface area contributed by atoms with Crippen molar-refractivity contribution < 1.29 is 9.90 Å². The van der Waals surface area contributed by atoms with Gasteiger partial charge in [0.05, 0.1) is 0 Å². The van der Waals surface area contributed by atoms with Crippen molar-refractivity contribution >= 4 is 11.7 Å². The lowest BCUT2D eigenvalue weighted by Gasteiger charge is -2.18. The number of carbonyl (C=O) groups is 1. The third-order valence-electron chi connectivity index (χ3n) is 2.21. The molecule has 4 N–H and O–H groups in total. The first-order valence-electron chi connectivity index (χ1n) is 4.72. The molecule has 0 saturated heterocycles. The zero-order chi connectivity index (χ0) is 12.2. The highest BCUT2D eigenvalue weighted by Crippen LogP contribution is 2.14. The summed E-state index contributed by atoms with van der Waals surface area (Å²) in [5.41, 5.74) is 5.83. The van der Waals surface area contributed by atoms with E-state index in [0.717, 1.165) is 5.56 Å². The molecule has 0 aliphatic heterocycles. The van der Waals surface area contributed by atoms with Crippen molar-refractivity contribution in [1.82, 2.24) is 0 Å². The first-order valence-corrected chi connectivity index (χ1v) is 4.72. The number of benzene rings is 1. The molecule has 16 heavy (non-hydrogen) atoms. The number of rotatable bonds is 4. The number of anilines is 1. The average Bonchev–Trinajstić information content (AvgIpc) is 2.21. The van der Waals surface area contributed by atoms with Gasteiger partial charge in [0.2, 0.25) is 0 Å². The maximum absolute atomic E-state index is 10.8. The van der Waals surface area contributed by atoms with Gasteiger partial charge in [0.25, 0.3) is 0 Å². The zero-order valence-electron chi connectivity index (χ0n) is 8.90. The topological polar surface area (TPSA) is 99.1 Å². The molecule has 0 heterocycles. The number of nitriles is 1. The fraction of sp³-hybridized carbons (Fsp3) is 0.273. The van der Waals surface area contributed by atoms with E-state index in [0.29, 0.717) is 5.69 Å². The molecule has 0 amide bonds. The molecule has 0 aliphatic rings. The van der Waals surface area contributed by atoms with Gasteiger partial charge in [-0.15, -0.1) is 0 Å². The molecule has 0 saturated carbocycles. The van der Waals surface area contributed by atoms with Crippen LogP contribution in [0.1, 0.15) is 12.5 Å². The number of nitrogens with zero attached hydrogens (tertiary/aromatic N) is 1.